The van der Waals surface area contributed by atoms with Crippen LogP contribution in [0, 0.1) is 11.3 Å². The SMILES string of the molecule is COC[C@H]1CN(C)C[C@@]12CCN(Cc1cccs1)C2. The fourth-order valence-corrected chi connectivity index (χ4v) is 4.68. The molecule has 1 aromatic heterocycles. The van der Waals surface area contributed by atoms with Crippen molar-refractivity contribution in [1.29, 1.82) is 0 Å². The third-order valence-corrected chi connectivity index (χ3v) is 5.64. The van der Waals surface area contributed by atoms with Crippen LogP contribution in [0.1, 0.15) is 11.3 Å². The summed E-state index contributed by atoms with van der Waals surface area (Å²) < 4.78 is 5.46. The van der Waals surface area contributed by atoms with E-state index in [1.807, 2.05) is 18.4 Å². The van der Waals surface area contributed by atoms with E-state index >= 15 is 0 Å². The molecule has 2 fully saturated rings. The maximum absolute atomic E-state index is 5.46. The van der Waals surface area contributed by atoms with Crippen molar-refractivity contribution in [2.24, 2.45) is 11.3 Å². The third-order valence-electron chi connectivity index (χ3n) is 4.77. The van der Waals surface area contributed by atoms with Gasteiger partial charge < -0.3 is 9.64 Å². The summed E-state index contributed by atoms with van der Waals surface area (Å²) >= 11 is 1.88. The van der Waals surface area contributed by atoms with Crippen LogP contribution >= 0.6 is 11.3 Å². The molecule has 0 saturated carbocycles. The smallest absolute Gasteiger partial charge is 0.0509 e. The van der Waals surface area contributed by atoms with Crippen molar-refractivity contribution < 1.29 is 4.74 Å². The molecule has 0 unspecified atom stereocenters. The number of likely N-dealkylation sites (tertiary alicyclic amines) is 2. The van der Waals surface area contributed by atoms with Crippen molar-refractivity contribution in [3.05, 3.63) is 22.4 Å². The van der Waals surface area contributed by atoms with Crippen LogP contribution in [0.15, 0.2) is 17.5 Å². The lowest BCUT2D eigenvalue weighted by Crippen LogP contribution is -2.35. The Morgan fingerprint density at radius 3 is 3.11 bits per heavy atom. The minimum Gasteiger partial charge on any atom is -0.384 e. The Labute approximate surface area is 120 Å². The third kappa shape index (κ3) is 2.72. The van der Waals surface area contributed by atoms with Crippen LogP contribution in [0.25, 0.3) is 0 Å². The summed E-state index contributed by atoms with van der Waals surface area (Å²) in [6.45, 7) is 6.96. The monoisotopic (exact) mass is 280 g/mol. The van der Waals surface area contributed by atoms with E-state index in [1.165, 1.54) is 37.5 Å². The van der Waals surface area contributed by atoms with Crippen molar-refractivity contribution >= 4 is 11.3 Å². The molecule has 0 amide bonds. The van der Waals surface area contributed by atoms with Crippen LogP contribution in [0.3, 0.4) is 0 Å². The second-order valence-electron chi connectivity index (χ2n) is 6.25. The average molecular weight is 280 g/mol. The lowest BCUT2D eigenvalue weighted by molar-refractivity contribution is 0.0959. The van der Waals surface area contributed by atoms with Crippen LogP contribution in [0.5, 0.6) is 0 Å². The number of hydrogen-bond acceptors (Lipinski definition) is 4. The van der Waals surface area contributed by atoms with Gasteiger partial charge in [0.2, 0.25) is 0 Å². The molecule has 0 bridgehead atoms. The van der Waals surface area contributed by atoms with Gasteiger partial charge in [-0.15, -0.1) is 11.3 Å². The average Bonchev–Trinajstić information content (AvgIpc) is 3.05. The Morgan fingerprint density at radius 2 is 2.37 bits per heavy atom. The fraction of sp³-hybridized carbons (Fsp3) is 0.733. The summed E-state index contributed by atoms with van der Waals surface area (Å²) in [7, 11) is 4.09. The lowest BCUT2D eigenvalue weighted by Gasteiger charge is -2.30. The number of hydrogen-bond donors (Lipinski definition) is 0. The molecule has 3 heterocycles. The largest absolute Gasteiger partial charge is 0.384 e. The fourth-order valence-electron chi connectivity index (χ4n) is 3.94. The van der Waals surface area contributed by atoms with E-state index in [9.17, 15) is 0 Å². The highest BCUT2D eigenvalue weighted by molar-refractivity contribution is 7.09. The first-order valence-electron chi connectivity index (χ1n) is 7.14. The van der Waals surface area contributed by atoms with Crippen molar-refractivity contribution in [2.45, 2.75) is 13.0 Å². The van der Waals surface area contributed by atoms with E-state index in [4.69, 9.17) is 4.74 Å². The summed E-state index contributed by atoms with van der Waals surface area (Å²) in [6.07, 6.45) is 1.33. The topological polar surface area (TPSA) is 15.7 Å². The number of ether oxygens (including phenoxy) is 1. The molecule has 3 rings (SSSR count). The second kappa shape index (κ2) is 5.52. The van der Waals surface area contributed by atoms with E-state index in [-0.39, 0.29) is 0 Å². The molecule has 0 radical (unpaired) electrons. The highest BCUT2D eigenvalue weighted by Gasteiger charge is 2.49. The minimum absolute atomic E-state index is 0.474. The maximum atomic E-state index is 5.46. The zero-order valence-corrected chi connectivity index (χ0v) is 12.8. The Hall–Kier alpha value is -0.420. The van der Waals surface area contributed by atoms with E-state index in [0.717, 1.165) is 13.2 Å². The first-order chi connectivity index (χ1) is 9.22. The van der Waals surface area contributed by atoms with Gasteiger partial charge in [-0.25, -0.2) is 0 Å². The molecule has 2 aliphatic rings. The molecular weight excluding hydrogens is 256 g/mol. The summed E-state index contributed by atoms with van der Waals surface area (Å²) in [5, 5.41) is 2.18. The Morgan fingerprint density at radius 1 is 1.47 bits per heavy atom. The van der Waals surface area contributed by atoms with E-state index in [2.05, 4.69) is 34.4 Å². The summed E-state index contributed by atoms with van der Waals surface area (Å²) in [6, 6.07) is 4.41. The number of rotatable bonds is 4. The quantitative estimate of drug-likeness (QED) is 0.840. The zero-order chi connectivity index (χ0) is 13.3. The van der Waals surface area contributed by atoms with Gasteiger partial charge >= 0.3 is 0 Å². The first-order valence-corrected chi connectivity index (χ1v) is 8.02. The van der Waals surface area contributed by atoms with Crippen molar-refractivity contribution in [2.75, 3.05) is 46.9 Å². The Kier molecular flexibility index (Phi) is 3.94. The molecule has 0 N–H and O–H groups in total. The van der Waals surface area contributed by atoms with Crippen LogP contribution < -0.4 is 0 Å². The van der Waals surface area contributed by atoms with Gasteiger partial charge in [0.1, 0.15) is 0 Å². The number of nitrogens with zero attached hydrogens (tertiary/aromatic N) is 2. The Balaban J connectivity index is 1.66. The molecular formula is C15H24N2OS. The zero-order valence-electron chi connectivity index (χ0n) is 12.0. The predicted molar refractivity (Wildman–Crippen MR) is 79.5 cm³/mol. The normalized spacial score (nSPS) is 32.6. The molecule has 2 saturated heterocycles. The van der Waals surface area contributed by atoms with Crippen molar-refractivity contribution in [1.82, 2.24) is 9.80 Å². The summed E-state index contributed by atoms with van der Waals surface area (Å²) in [5.41, 5.74) is 0.474. The van der Waals surface area contributed by atoms with Crippen LogP contribution in [-0.2, 0) is 11.3 Å². The number of thiophene rings is 1. The number of methoxy groups -OCH3 is 1. The van der Waals surface area contributed by atoms with Gasteiger partial charge in [0, 0.05) is 49.5 Å². The van der Waals surface area contributed by atoms with Gasteiger partial charge in [0.15, 0.2) is 0 Å². The van der Waals surface area contributed by atoms with E-state index in [0.29, 0.717) is 11.3 Å². The molecule has 1 aromatic rings. The molecule has 106 valence electrons. The highest BCUT2D eigenvalue weighted by atomic mass is 32.1. The van der Waals surface area contributed by atoms with Gasteiger partial charge in [0.25, 0.3) is 0 Å². The minimum atomic E-state index is 0.474. The van der Waals surface area contributed by atoms with Gasteiger partial charge in [-0.1, -0.05) is 6.07 Å². The summed E-state index contributed by atoms with van der Waals surface area (Å²) in [4.78, 5) is 6.61. The van der Waals surface area contributed by atoms with Crippen molar-refractivity contribution in [3.8, 4) is 0 Å². The standard InChI is InChI=1S/C15H24N2OS/c1-16-8-13(10-18-2)15(11-16)5-6-17(12-15)9-14-4-3-7-19-14/h3-4,7,13H,5-6,8-12H2,1-2H3/t13-,15-/m1/s1. The Bertz CT molecular complexity index is 408. The lowest BCUT2D eigenvalue weighted by atomic mass is 9.78. The van der Waals surface area contributed by atoms with Crippen LogP contribution in [0.2, 0.25) is 0 Å². The first kappa shape index (κ1) is 13.6. The molecule has 0 aromatic carbocycles. The van der Waals surface area contributed by atoms with E-state index < -0.39 is 0 Å². The van der Waals surface area contributed by atoms with Crippen molar-refractivity contribution in [3.63, 3.8) is 0 Å². The molecule has 3 nitrogen and oxygen atoms in total. The second-order valence-corrected chi connectivity index (χ2v) is 7.28. The van der Waals surface area contributed by atoms with Crippen LogP contribution in [0.4, 0.5) is 0 Å². The predicted octanol–water partition coefficient (Wildman–Crippen LogP) is 2.15. The van der Waals surface area contributed by atoms with Crippen LogP contribution in [-0.4, -0.2) is 56.7 Å². The van der Waals surface area contributed by atoms with Gasteiger partial charge in [-0.2, -0.15) is 0 Å². The van der Waals surface area contributed by atoms with Gasteiger partial charge in [-0.3, -0.25) is 4.90 Å². The van der Waals surface area contributed by atoms with E-state index in [1.54, 1.807) is 0 Å². The maximum Gasteiger partial charge on any atom is 0.0509 e. The molecule has 0 aliphatic carbocycles. The molecule has 2 aliphatic heterocycles. The van der Waals surface area contributed by atoms with Gasteiger partial charge in [0.05, 0.1) is 6.61 Å². The molecule has 1 spiro atoms. The highest BCUT2D eigenvalue weighted by Crippen LogP contribution is 2.43. The summed E-state index contributed by atoms with van der Waals surface area (Å²) in [5.74, 6) is 0.704. The molecule has 4 heteroatoms. The van der Waals surface area contributed by atoms with Gasteiger partial charge in [-0.05, 0) is 31.5 Å². The molecule has 19 heavy (non-hydrogen) atoms. The molecule has 2 atom stereocenters.